The van der Waals surface area contributed by atoms with Crippen LogP contribution in [0.4, 0.5) is 4.79 Å². The van der Waals surface area contributed by atoms with Gasteiger partial charge >= 0.3 is 6.09 Å². The number of carbonyl (C=O) groups excluding carboxylic acids is 1. The van der Waals surface area contributed by atoms with Crippen LogP contribution in [0, 0.1) is 0 Å². The number of hydrogen-bond acceptors (Lipinski definition) is 3. The van der Waals surface area contributed by atoms with Gasteiger partial charge < -0.3 is 15.4 Å². The van der Waals surface area contributed by atoms with Gasteiger partial charge in [-0.2, -0.15) is 0 Å². The van der Waals surface area contributed by atoms with Gasteiger partial charge in [-0.05, 0) is 60.4 Å². The maximum Gasteiger partial charge on any atom is 0.408 e. The van der Waals surface area contributed by atoms with Crippen LogP contribution in [0.5, 0.6) is 0 Å². The van der Waals surface area contributed by atoms with Crippen molar-refractivity contribution >= 4 is 6.09 Å². The van der Waals surface area contributed by atoms with E-state index < -0.39 is 5.60 Å². The molecule has 17 heavy (non-hydrogen) atoms. The van der Waals surface area contributed by atoms with E-state index in [1.165, 1.54) is 0 Å². The van der Waals surface area contributed by atoms with Crippen molar-refractivity contribution in [3.63, 3.8) is 0 Å². The van der Waals surface area contributed by atoms with Gasteiger partial charge in [-0.1, -0.05) is 0 Å². The topological polar surface area (TPSA) is 50.4 Å². The summed E-state index contributed by atoms with van der Waals surface area (Å²) < 4.78 is 5.29. The molecule has 0 unspecified atom stereocenters. The third-order valence-corrected chi connectivity index (χ3v) is 3.30. The summed E-state index contributed by atoms with van der Waals surface area (Å²) in [7, 11) is 1.99. The summed E-state index contributed by atoms with van der Waals surface area (Å²) >= 11 is 0. The molecule has 1 amide bonds. The Kier molecular flexibility index (Phi) is 4.42. The van der Waals surface area contributed by atoms with Crippen LogP contribution in [0.3, 0.4) is 0 Å². The molecule has 1 saturated carbocycles. The second-order valence-electron chi connectivity index (χ2n) is 6.25. The quantitative estimate of drug-likeness (QED) is 0.782. The lowest BCUT2D eigenvalue weighted by Crippen LogP contribution is -2.51. The molecular formula is C13H26N2O2. The zero-order valence-corrected chi connectivity index (χ0v) is 11.7. The molecule has 0 saturated heterocycles. The van der Waals surface area contributed by atoms with Gasteiger partial charge in [-0.25, -0.2) is 4.79 Å². The van der Waals surface area contributed by atoms with Gasteiger partial charge in [0.15, 0.2) is 0 Å². The van der Waals surface area contributed by atoms with Gasteiger partial charge in [0.25, 0.3) is 0 Å². The molecule has 100 valence electrons. The van der Waals surface area contributed by atoms with Crippen molar-refractivity contribution in [2.75, 3.05) is 7.05 Å². The van der Waals surface area contributed by atoms with Crippen LogP contribution in [0.1, 0.15) is 53.4 Å². The third kappa shape index (κ3) is 4.94. The van der Waals surface area contributed by atoms with Crippen LogP contribution in [-0.4, -0.2) is 30.3 Å². The van der Waals surface area contributed by atoms with Gasteiger partial charge in [0.05, 0.1) is 0 Å². The largest absolute Gasteiger partial charge is 0.444 e. The van der Waals surface area contributed by atoms with Crippen LogP contribution in [-0.2, 0) is 4.74 Å². The summed E-state index contributed by atoms with van der Waals surface area (Å²) in [4.78, 5) is 11.7. The molecule has 0 aromatic heterocycles. The predicted molar refractivity (Wildman–Crippen MR) is 69.1 cm³/mol. The maximum absolute atomic E-state index is 11.7. The lowest BCUT2D eigenvalue weighted by Gasteiger charge is -2.38. The summed E-state index contributed by atoms with van der Waals surface area (Å²) in [6, 6.07) is 0.587. The SMILES string of the molecule is CNC1CCC(C)(NC(=O)OC(C)(C)C)CC1. The average Bonchev–Trinajstić information content (AvgIpc) is 2.15. The third-order valence-electron chi connectivity index (χ3n) is 3.30. The van der Waals surface area contributed by atoms with Crippen LogP contribution >= 0.6 is 0 Å². The smallest absolute Gasteiger partial charge is 0.408 e. The van der Waals surface area contributed by atoms with Gasteiger partial charge in [-0.3, -0.25) is 0 Å². The minimum atomic E-state index is -0.428. The summed E-state index contributed by atoms with van der Waals surface area (Å²) in [5, 5.41) is 6.30. The van der Waals surface area contributed by atoms with Crippen molar-refractivity contribution in [2.45, 2.75) is 70.6 Å². The number of amides is 1. The minimum Gasteiger partial charge on any atom is -0.444 e. The Morgan fingerprint density at radius 2 is 1.82 bits per heavy atom. The molecule has 1 aliphatic carbocycles. The molecular weight excluding hydrogens is 216 g/mol. The zero-order chi connectivity index (χ0) is 13.1. The predicted octanol–water partition coefficient (Wildman–Crippen LogP) is 2.43. The Morgan fingerprint density at radius 1 is 1.29 bits per heavy atom. The number of ether oxygens (including phenoxy) is 1. The Balaban J connectivity index is 2.43. The molecule has 0 heterocycles. The Hall–Kier alpha value is -0.770. The van der Waals surface area contributed by atoms with E-state index in [-0.39, 0.29) is 11.6 Å². The molecule has 0 bridgehead atoms. The zero-order valence-electron chi connectivity index (χ0n) is 11.7. The highest BCUT2D eigenvalue weighted by atomic mass is 16.6. The van der Waals surface area contributed by atoms with E-state index in [0.717, 1.165) is 25.7 Å². The monoisotopic (exact) mass is 242 g/mol. The fourth-order valence-corrected chi connectivity index (χ4v) is 2.22. The molecule has 1 fully saturated rings. The fourth-order valence-electron chi connectivity index (χ4n) is 2.22. The lowest BCUT2D eigenvalue weighted by molar-refractivity contribution is 0.0432. The van der Waals surface area contributed by atoms with Crippen LogP contribution in [0.25, 0.3) is 0 Å². The van der Waals surface area contributed by atoms with Crippen molar-refractivity contribution in [1.29, 1.82) is 0 Å². The van der Waals surface area contributed by atoms with E-state index in [2.05, 4.69) is 17.6 Å². The summed E-state index contributed by atoms with van der Waals surface area (Å²) in [6.45, 7) is 7.75. The highest BCUT2D eigenvalue weighted by molar-refractivity contribution is 5.68. The molecule has 0 aromatic rings. The molecule has 1 rings (SSSR count). The minimum absolute atomic E-state index is 0.115. The molecule has 2 N–H and O–H groups in total. The summed E-state index contributed by atoms with van der Waals surface area (Å²) in [5.74, 6) is 0. The Morgan fingerprint density at radius 3 is 2.24 bits per heavy atom. The molecule has 0 radical (unpaired) electrons. The number of nitrogens with one attached hydrogen (secondary N) is 2. The lowest BCUT2D eigenvalue weighted by atomic mass is 9.81. The second-order valence-corrected chi connectivity index (χ2v) is 6.25. The molecule has 4 heteroatoms. The van der Waals surface area contributed by atoms with Crippen molar-refractivity contribution in [3.8, 4) is 0 Å². The van der Waals surface area contributed by atoms with Crippen molar-refractivity contribution in [1.82, 2.24) is 10.6 Å². The molecule has 0 atom stereocenters. The Bertz CT molecular complexity index is 263. The van der Waals surface area contributed by atoms with Gasteiger partial charge in [-0.15, -0.1) is 0 Å². The van der Waals surface area contributed by atoms with Gasteiger partial charge in [0.1, 0.15) is 5.60 Å². The summed E-state index contributed by atoms with van der Waals surface area (Å²) in [6.07, 6.45) is 3.89. The first-order valence-corrected chi connectivity index (χ1v) is 6.42. The molecule has 1 aliphatic rings. The van der Waals surface area contributed by atoms with Crippen LogP contribution in [0.2, 0.25) is 0 Å². The van der Waals surface area contributed by atoms with E-state index >= 15 is 0 Å². The molecule has 0 spiro atoms. The number of rotatable bonds is 2. The highest BCUT2D eigenvalue weighted by Crippen LogP contribution is 2.28. The standard InChI is InChI=1S/C13H26N2O2/c1-12(2,3)17-11(16)15-13(4)8-6-10(14-5)7-9-13/h10,14H,6-9H2,1-5H3,(H,15,16). The first-order chi connectivity index (χ1) is 7.74. The van der Waals surface area contributed by atoms with Gasteiger partial charge in [0, 0.05) is 11.6 Å². The average molecular weight is 242 g/mol. The van der Waals surface area contributed by atoms with Crippen molar-refractivity contribution in [2.24, 2.45) is 0 Å². The van der Waals surface area contributed by atoms with Gasteiger partial charge in [0.2, 0.25) is 0 Å². The first-order valence-electron chi connectivity index (χ1n) is 6.42. The second kappa shape index (κ2) is 5.25. The normalized spacial score (nSPS) is 29.8. The molecule has 0 aromatic carbocycles. The van der Waals surface area contributed by atoms with E-state index in [4.69, 9.17) is 4.74 Å². The highest BCUT2D eigenvalue weighted by Gasteiger charge is 2.33. The molecule has 4 nitrogen and oxygen atoms in total. The van der Waals surface area contributed by atoms with E-state index in [1.807, 2.05) is 27.8 Å². The van der Waals surface area contributed by atoms with E-state index in [0.29, 0.717) is 6.04 Å². The maximum atomic E-state index is 11.7. The van der Waals surface area contributed by atoms with Crippen molar-refractivity contribution in [3.05, 3.63) is 0 Å². The van der Waals surface area contributed by atoms with Crippen molar-refractivity contribution < 1.29 is 9.53 Å². The van der Waals surface area contributed by atoms with Crippen LogP contribution < -0.4 is 10.6 Å². The Labute approximate surface area is 104 Å². The van der Waals surface area contributed by atoms with E-state index in [1.54, 1.807) is 0 Å². The van der Waals surface area contributed by atoms with E-state index in [9.17, 15) is 4.79 Å². The first kappa shape index (κ1) is 14.3. The number of hydrogen-bond donors (Lipinski definition) is 2. The summed E-state index contributed by atoms with van der Waals surface area (Å²) in [5.41, 5.74) is -0.543. The fraction of sp³-hybridized carbons (Fsp3) is 0.923. The van der Waals surface area contributed by atoms with Crippen LogP contribution in [0.15, 0.2) is 0 Å². The molecule has 0 aliphatic heterocycles. The number of carbonyl (C=O) groups is 1. The number of alkyl carbamates (subject to hydrolysis) is 1.